The number of carbonyl (C=O) groups is 1. The van der Waals surface area contributed by atoms with Crippen molar-refractivity contribution >= 4 is 11.9 Å². The van der Waals surface area contributed by atoms with Crippen LogP contribution in [-0.4, -0.2) is 34.5 Å². The van der Waals surface area contributed by atoms with Crippen molar-refractivity contribution in [3.63, 3.8) is 0 Å². The number of ether oxygens (including phenoxy) is 2. The number of terminal acetylenes is 1. The monoisotopic (exact) mass is 324 g/mol. The van der Waals surface area contributed by atoms with E-state index >= 15 is 0 Å². The summed E-state index contributed by atoms with van der Waals surface area (Å²) in [6.07, 6.45) is 6.61. The van der Waals surface area contributed by atoms with Gasteiger partial charge in [-0.25, -0.2) is 4.68 Å². The number of benzene rings is 1. The molecule has 24 heavy (non-hydrogen) atoms. The molecule has 0 spiro atoms. The molecule has 1 aromatic carbocycles. The van der Waals surface area contributed by atoms with Crippen LogP contribution in [0.5, 0.6) is 5.75 Å². The molecule has 2 heterocycles. The van der Waals surface area contributed by atoms with Crippen molar-refractivity contribution in [2.45, 2.75) is 6.04 Å². The normalized spacial score (nSPS) is 18.9. The van der Waals surface area contributed by atoms with Crippen molar-refractivity contribution in [1.29, 1.82) is 0 Å². The molecule has 0 saturated heterocycles. The summed E-state index contributed by atoms with van der Waals surface area (Å²) in [6.45, 7) is 4.13. The van der Waals surface area contributed by atoms with E-state index in [1.54, 1.807) is 16.8 Å². The quantitative estimate of drug-likeness (QED) is 0.680. The number of rotatable bonds is 4. The summed E-state index contributed by atoms with van der Waals surface area (Å²) in [5.41, 5.74) is 1.37. The van der Waals surface area contributed by atoms with E-state index in [0.29, 0.717) is 17.4 Å². The molecule has 2 atom stereocenters. The minimum atomic E-state index is -0.623. The van der Waals surface area contributed by atoms with Gasteiger partial charge in [0.2, 0.25) is 5.95 Å². The van der Waals surface area contributed by atoms with Crippen molar-refractivity contribution < 1.29 is 14.3 Å². The third-order valence-electron chi connectivity index (χ3n) is 3.80. The van der Waals surface area contributed by atoms with Gasteiger partial charge < -0.3 is 14.8 Å². The Hall–Kier alpha value is -3.27. The highest BCUT2D eigenvalue weighted by molar-refractivity contribution is 5.78. The fourth-order valence-corrected chi connectivity index (χ4v) is 2.71. The topological polar surface area (TPSA) is 78.3 Å². The van der Waals surface area contributed by atoms with Crippen LogP contribution >= 0.6 is 0 Å². The Morgan fingerprint density at radius 1 is 1.46 bits per heavy atom. The first-order chi connectivity index (χ1) is 11.7. The van der Waals surface area contributed by atoms with Crippen LogP contribution in [-0.2, 0) is 9.53 Å². The van der Waals surface area contributed by atoms with E-state index in [1.165, 1.54) is 13.4 Å². The van der Waals surface area contributed by atoms with Gasteiger partial charge in [0.05, 0.1) is 13.2 Å². The van der Waals surface area contributed by atoms with Crippen molar-refractivity contribution in [3.05, 3.63) is 48.4 Å². The first-order valence-electron chi connectivity index (χ1n) is 7.25. The number of anilines is 1. The van der Waals surface area contributed by atoms with Gasteiger partial charge in [-0.2, -0.15) is 10.1 Å². The molecule has 122 valence electrons. The number of nitrogens with zero attached hydrogens (tertiary/aromatic N) is 3. The standard InChI is InChI=1S/C17H16N4O3/c1-4-9-24-13-7-5-12(6-8-13)15-14(16(22)23-3)11(2)20-17-18-10-19-21(15)17/h1,5-8,10,14-15H,2,9H2,3H3,(H,18,19,20)/t14-,15+/m1/s1. The zero-order chi connectivity index (χ0) is 17.1. The van der Waals surface area contributed by atoms with Crippen LogP contribution in [0.4, 0.5) is 5.95 Å². The molecule has 1 aliphatic rings. The molecule has 7 nitrogen and oxygen atoms in total. The number of nitrogens with one attached hydrogen (secondary N) is 1. The van der Waals surface area contributed by atoms with Crippen LogP contribution in [0.15, 0.2) is 42.9 Å². The largest absolute Gasteiger partial charge is 0.481 e. The molecule has 3 rings (SSSR count). The first kappa shape index (κ1) is 15.6. The Balaban J connectivity index is 2.00. The summed E-state index contributed by atoms with van der Waals surface area (Å²) in [7, 11) is 1.35. The molecule has 1 aromatic heterocycles. The first-order valence-corrected chi connectivity index (χ1v) is 7.25. The molecule has 0 radical (unpaired) electrons. The van der Waals surface area contributed by atoms with E-state index in [4.69, 9.17) is 15.9 Å². The molecule has 1 aliphatic heterocycles. The maximum absolute atomic E-state index is 12.3. The lowest BCUT2D eigenvalue weighted by atomic mass is 9.89. The lowest BCUT2D eigenvalue weighted by Gasteiger charge is -2.32. The maximum atomic E-state index is 12.3. The molecule has 0 saturated carbocycles. The molecule has 0 bridgehead atoms. The number of hydrogen-bond donors (Lipinski definition) is 1. The summed E-state index contributed by atoms with van der Waals surface area (Å²) in [4.78, 5) is 16.4. The minimum Gasteiger partial charge on any atom is -0.481 e. The van der Waals surface area contributed by atoms with Gasteiger partial charge in [-0.1, -0.05) is 24.6 Å². The second kappa shape index (κ2) is 6.46. The summed E-state index contributed by atoms with van der Waals surface area (Å²) < 4.78 is 12.0. The highest BCUT2D eigenvalue weighted by Gasteiger charge is 2.40. The number of methoxy groups -OCH3 is 1. The predicted molar refractivity (Wildman–Crippen MR) is 87.2 cm³/mol. The molecule has 7 heteroatoms. The van der Waals surface area contributed by atoms with E-state index in [1.807, 2.05) is 12.1 Å². The van der Waals surface area contributed by atoms with Gasteiger partial charge in [-0.05, 0) is 17.7 Å². The van der Waals surface area contributed by atoms with Gasteiger partial charge in [0.25, 0.3) is 0 Å². The second-order valence-electron chi connectivity index (χ2n) is 5.19. The number of fused-ring (bicyclic) bond motifs is 1. The van der Waals surface area contributed by atoms with Crippen molar-refractivity contribution in [1.82, 2.24) is 14.8 Å². The zero-order valence-electron chi connectivity index (χ0n) is 13.1. The van der Waals surface area contributed by atoms with Gasteiger partial charge >= 0.3 is 5.97 Å². The van der Waals surface area contributed by atoms with E-state index in [9.17, 15) is 4.79 Å². The second-order valence-corrected chi connectivity index (χ2v) is 5.19. The van der Waals surface area contributed by atoms with Gasteiger partial charge in [0.1, 0.15) is 24.6 Å². The number of carbonyl (C=O) groups excluding carboxylic acids is 1. The lowest BCUT2D eigenvalue weighted by molar-refractivity contribution is -0.145. The average molecular weight is 324 g/mol. The summed E-state index contributed by atoms with van der Waals surface area (Å²) in [5, 5.41) is 7.22. The van der Waals surface area contributed by atoms with Crippen molar-refractivity contribution in [2.24, 2.45) is 5.92 Å². The molecule has 0 unspecified atom stereocenters. The van der Waals surface area contributed by atoms with E-state index in [0.717, 1.165) is 5.56 Å². The average Bonchev–Trinajstić information content (AvgIpc) is 3.06. The Morgan fingerprint density at radius 3 is 2.88 bits per heavy atom. The smallest absolute Gasteiger partial charge is 0.317 e. The zero-order valence-corrected chi connectivity index (χ0v) is 13.1. The Morgan fingerprint density at radius 2 is 2.21 bits per heavy atom. The Kier molecular flexibility index (Phi) is 4.20. The third-order valence-corrected chi connectivity index (χ3v) is 3.80. The molecular weight excluding hydrogens is 308 g/mol. The van der Waals surface area contributed by atoms with Gasteiger partial charge in [-0.15, -0.1) is 6.42 Å². The van der Waals surface area contributed by atoms with Crippen LogP contribution in [0.3, 0.4) is 0 Å². The maximum Gasteiger partial charge on any atom is 0.317 e. The Bertz CT molecular complexity index is 804. The summed E-state index contributed by atoms with van der Waals surface area (Å²) in [6, 6.07) is 6.89. The molecule has 0 fully saturated rings. The van der Waals surface area contributed by atoms with Gasteiger partial charge in [0.15, 0.2) is 0 Å². The number of hydrogen-bond acceptors (Lipinski definition) is 6. The predicted octanol–water partition coefficient (Wildman–Crippen LogP) is 1.61. The molecular formula is C17H16N4O3. The van der Waals surface area contributed by atoms with Crippen LogP contribution in [0, 0.1) is 18.3 Å². The highest BCUT2D eigenvalue weighted by Crippen LogP contribution is 2.38. The van der Waals surface area contributed by atoms with Gasteiger partial charge in [-0.3, -0.25) is 4.79 Å². The Labute approximate surface area is 139 Å². The highest BCUT2D eigenvalue weighted by atomic mass is 16.5. The SMILES string of the molecule is C#CCOc1ccc([C@H]2[C@H](C(=O)OC)C(=C)Nc3ncnn32)cc1. The number of esters is 1. The fourth-order valence-electron chi connectivity index (χ4n) is 2.71. The van der Waals surface area contributed by atoms with E-state index in [2.05, 4.69) is 27.9 Å². The molecule has 1 N–H and O–H groups in total. The minimum absolute atomic E-state index is 0.196. The fraction of sp³-hybridized carbons (Fsp3) is 0.235. The van der Waals surface area contributed by atoms with Crippen LogP contribution in [0.1, 0.15) is 11.6 Å². The summed E-state index contributed by atoms with van der Waals surface area (Å²) >= 11 is 0. The number of aromatic nitrogens is 3. The molecule has 0 amide bonds. The van der Waals surface area contributed by atoms with Crippen molar-refractivity contribution in [3.8, 4) is 18.1 Å². The van der Waals surface area contributed by atoms with Crippen LogP contribution in [0.2, 0.25) is 0 Å². The lowest BCUT2D eigenvalue weighted by Crippen LogP contribution is -2.37. The third kappa shape index (κ3) is 2.70. The molecule has 2 aromatic rings. The van der Waals surface area contributed by atoms with Gasteiger partial charge in [0, 0.05) is 5.70 Å². The van der Waals surface area contributed by atoms with E-state index in [-0.39, 0.29) is 6.61 Å². The molecule has 0 aliphatic carbocycles. The van der Waals surface area contributed by atoms with Crippen LogP contribution in [0.25, 0.3) is 0 Å². The van der Waals surface area contributed by atoms with Crippen molar-refractivity contribution in [2.75, 3.05) is 19.0 Å². The van der Waals surface area contributed by atoms with E-state index < -0.39 is 17.9 Å². The van der Waals surface area contributed by atoms with Crippen LogP contribution < -0.4 is 10.1 Å². The summed E-state index contributed by atoms with van der Waals surface area (Å²) in [5.74, 6) is 2.57.